The minimum atomic E-state index is 0.289. The molecule has 1 aliphatic carbocycles. The van der Waals surface area contributed by atoms with Gasteiger partial charge in [-0.15, -0.1) is 16.7 Å². The Morgan fingerprint density at radius 1 is 1.50 bits per heavy atom. The molecule has 5 heteroatoms. The minimum absolute atomic E-state index is 0.289. The first-order valence-corrected chi connectivity index (χ1v) is 5.53. The summed E-state index contributed by atoms with van der Waals surface area (Å²) < 4.78 is 5.42. The van der Waals surface area contributed by atoms with Crippen molar-refractivity contribution in [2.45, 2.75) is 38.1 Å². The maximum absolute atomic E-state index is 5.60. The van der Waals surface area contributed by atoms with E-state index in [1.807, 2.05) is 0 Å². The summed E-state index contributed by atoms with van der Waals surface area (Å²) in [6.45, 7) is 3.13. The van der Waals surface area contributed by atoms with Gasteiger partial charge in [0.2, 0.25) is 5.89 Å². The van der Waals surface area contributed by atoms with Crippen LogP contribution in [0.4, 0.5) is 6.01 Å². The monoisotopic (exact) mass is 215 g/mol. The minimum Gasteiger partial charge on any atom is -0.407 e. The van der Waals surface area contributed by atoms with Crippen molar-refractivity contribution in [3.63, 3.8) is 0 Å². The molecule has 0 atom stereocenters. The Morgan fingerprint density at radius 2 is 2.29 bits per heavy atom. The van der Waals surface area contributed by atoms with Gasteiger partial charge in [-0.2, -0.15) is 0 Å². The van der Waals surface area contributed by atoms with E-state index in [9.17, 15) is 0 Å². The van der Waals surface area contributed by atoms with Gasteiger partial charge in [0.25, 0.3) is 0 Å². The molecule has 0 bridgehead atoms. The smallest absolute Gasteiger partial charge is 0.318 e. The zero-order chi connectivity index (χ0) is 9.97. The highest BCUT2D eigenvalue weighted by atomic mass is 35.5. The first-order chi connectivity index (χ1) is 6.85. The highest BCUT2D eigenvalue weighted by Crippen LogP contribution is 2.30. The summed E-state index contributed by atoms with van der Waals surface area (Å²) in [6, 6.07) is 1.24. The van der Waals surface area contributed by atoms with Crippen LogP contribution in [0.25, 0.3) is 0 Å². The van der Waals surface area contributed by atoms with Gasteiger partial charge in [0, 0.05) is 12.6 Å². The lowest BCUT2D eigenvalue weighted by Crippen LogP contribution is -2.26. The Balaban J connectivity index is 2.08. The number of hydrogen-bond acceptors (Lipinski definition) is 4. The van der Waals surface area contributed by atoms with Crippen molar-refractivity contribution < 1.29 is 4.42 Å². The van der Waals surface area contributed by atoms with Gasteiger partial charge in [0.1, 0.15) is 5.88 Å². The van der Waals surface area contributed by atoms with Crippen LogP contribution in [0.3, 0.4) is 0 Å². The summed E-state index contributed by atoms with van der Waals surface area (Å²) in [7, 11) is 0. The fourth-order valence-corrected chi connectivity index (χ4v) is 1.58. The molecule has 0 aromatic carbocycles. The fraction of sp³-hybridized carbons (Fsp3) is 0.778. The summed E-state index contributed by atoms with van der Waals surface area (Å²) >= 11 is 5.60. The number of aromatic nitrogens is 2. The van der Waals surface area contributed by atoms with E-state index < -0.39 is 0 Å². The van der Waals surface area contributed by atoms with Crippen molar-refractivity contribution in [3.05, 3.63) is 5.89 Å². The van der Waals surface area contributed by atoms with E-state index in [0.29, 0.717) is 17.9 Å². The molecule has 1 aromatic heterocycles. The van der Waals surface area contributed by atoms with Crippen LogP contribution in [0.5, 0.6) is 0 Å². The molecule has 1 aliphatic rings. The highest BCUT2D eigenvalue weighted by Gasteiger charge is 2.31. The zero-order valence-electron chi connectivity index (χ0n) is 8.24. The molecule has 14 heavy (non-hydrogen) atoms. The largest absolute Gasteiger partial charge is 0.407 e. The van der Waals surface area contributed by atoms with E-state index in [2.05, 4.69) is 22.0 Å². The lowest BCUT2D eigenvalue weighted by molar-refractivity contribution is 0.496. The Bertz CT molecular complexity index is 298. The number of halogens is 1. The summed E-state index contributed by atoms with van der Waals surface area (Å²) in [5.41, 5.74) is 0. The Hall–Kier alpha value is -0.770. The van der Waals surface area contributed by atoms with Crippen LogP contribution in [0.1, 0.15) is 32.1 Å². The molecule has 0 aliphatic heterocycles. The molecule has 1 heterocycles. The molecule has 1 aromatic rings. The maximum Gasteiger partial charge on any atom is 0.318 e. The summed E-state index contributed by atoms with van der Waals surface area (Å²) in [5.74, 6) is 0.792. The molecule has 2 rings (SSSR count). The molecule has 4 nitrogen and oxygen atoms in total. The first kappa shape index (κ1) is 9.77. The third kappa shape index (κ3) is 2.00. The van der Waals surface area contributed by atoms with E-state index in [1.54, 1.807) is 0 Å². The lowest BCUT2D eigenvalue weighted by Gasteiger charge is -2.17. The van der Waals surface area contributed by atoms with Crippen LogP contribution in [0.2, 0.25) is 0 Å². The third-order valence-electron chi connectivity index (χ3n) is 2.27. The van der Waals surface area contributed by atoms with Gasteiger partial charge in [0.15, 0.2) is 0 Å². The van der Waals surface area contributed by atoms with Gasteiger partial charge in [-0.3, -0.25) is 0 Å². The van der Waals surface area contributed by atoms with Crippen molar-refractivity contribution in [3.8, 4) is 0 Å². The van der Waals surface area contributed by atoms with Gasteiger partial charge in [-0.25, -0.2) is 0 Å². The van der Waals surface area contributed by atoms with Crippen LogP contribution in [0, 0.1) is 0 Å². The zero-order valence-corrected chi connectivity index (χ0v) is 9.00. The van der Waals surface area contributed by atoms with Crippen molar-refractivity contribution in [1.82, 2.24) is 10.2 Å². The quantitative estimate of drug-likeness (QED) is 0.707. The number of nitrogens with zero attached hydrogens (tertiary/aromatic N) is 3. The SMILES string of the molecule is CCCN(c1nnc(CCl)o1)C1CC1. The van der Waals surface area contributed by atoms with Crippen LogP contribution in [-0.2, 0) is 5.88 Å². The predicted octanol–water partition coefficient (Wildman–Crippen LogP) is 2.19. The van der Waals surface area contributed by atoms with Crippen molar-refractivity contribution in [2.24, 2.45) is 0 Å². The second-order valence-electron chi connectivity index (χ2n) is 3.54. The molecule has 0 unspecified atom stereocenters. The number of alkyl halides is 1. The van der Waals surface area contributed by atoms with E-state index in [1.165, 1.54) is 12.8 Å². The highest BCUT2D eigenvalue weighted by molar-refractivity contribution is 6.16. The summed E-state index contributed by atoms with van der Waals surface area (Å²) in [6.07, 6.45) is 3.56. The van der Waals surface area contributed by atoms with Crippen molar-refractivity contribution in [2.75, 3.05) is 11.4 Å². The fourth-order valence-electron chi connectivity index (χ4n) is 1.48. The molecule has 0 spiro atoms. The molecule has 0 N–H and O–H groups in total. The van der Waals surface area contributed by atoms with E-state index in [-0.39, 0.29) is 5.88 Å². The summed E-state index contributed by atoms with van der Waals surface area (Å²) in [4.78, 5) is 2.18. The van der Waals surface area contributed by atoms with Gasteiger partial charge >= 0.3 is 6.01 Å². The normalized spacial score (nSPS) is 15.9. The van der Waals surface area contributed by atoms with Gasteiger partial charge in [-0.1, -0.05) is 12.0 Å². The number of anilines is 1. The maximum atomic E-state index is 5.60. The van der Waals surface area contributed by atoms with Crippen molar-refractivity contribution >= 4 is 17.6 Å². The predicted molar refractivity (Wildman–Crippen MR) is 54.5 cm³/mol. The number of rotatable bonds is 5. The van der Waals surface area contributed by atoms with Crippen LogP contribution >= 0.6 is 11.6 Å². The second-order valence-corrected chi connectivity index (χ2v) is 3.80. The Morgan fingerprint density at radius 3 is 2.79 bits per heavy atom. The van der Waals surface area contributed by atoms with E-state index in [4.69, 9.17) is 16.0 Å². The Labute approximate surface area is 88.2 Å². The third-order valence-corrected chi connectivity index (χ3v) is 2.50. The van der Waals surface area contributed by atoms with Gasteiger partial charge < -0.3 is 9.32 Å². The molecule has 0 amide bonds. The molecule has 1 saturated carbocycles. The van der Waals surface area contributed by atoms with Crippen LogP contribution < -0.4 is 4.90 Å². The van der Waals surface area contributed by atoms with Crippen molar-refractivity contribution in [1.29, 1.82) is 0 Å². The average Bonchev–Trinajstić information content (AvgIpc) is 2.92. The summed E-state index contributed by atoms with van der Waals surface area (Å²) in [5, 5.41) is 7.85. The average molecular weight is 216 g/mol. The lowest BCUT2D eigenvalue weighted by atomic mass is 10.4. The van der Waals surface area contributed by atoms with E-state index >= 15 is 0 Å². The molecular formula is C9H14ClN3O. The number of hydrogen-bond donors (Lipinski definition) is 0. The second kappa shape index (κ2) is 4.17. The molecule has 0 radical (unpaired) electrons. The first-order valence-electron chi connectivity index (χ1n) is 5.00. The molecule has 1 fully saturated rings. The van der Waals surface area contributed by atoms with E-state index in [0.717, 1.165) is 13.0 Å². The van der Waals surface area contributed by atoms with Gasteiger partial charge in [0.05, 0.1) is 0 Å². The standard InChI is InChI=1S/C9H14ClN3O/c1-2-5-13(7-3-4-7)9-12-11-8(6-10)14-9/h7H,2-6H2,1H3. The van der Waals surface area contributed by atoms with Crippen LogP contribution in [-0.4, -0.2) is 22.8 Å². The van der Waals surface area contributed by atoms with Gasteiger partial charge in [-0.05, 0) is 19.3 Å². The molecule has 0 saturated heterocycles. The topological polar surface area (TPSA) is 42.2 Å². The molecular weight excluding hydrogens is 202 g/mol. The molecule has 78 valence electrons. The Kier molecular flexibility index (Phi) is 2.91. The van der Waals surface area contributed by atoms with Crippen LogP contribution in [0.15, 0.2) is 4.42 Å².